The summed E-state index contributed by atoms with van der Waals surface area (Å²) in [7, 11) is -3.30. The molecule has 144 valence electrons. The number of hydrogen-bond acceptors (Lipinski definition) is 7. The highest BCUT2D eigenvalue weighted by molar-refractivity contribution is 7.99. The maximum atomic E-state index is 12.5. The van der Waals surface area contributed by atoms with E-state index < -0.39 is 10.0 Å². The van der Waals surface area contributed by atoms with Crippen LogP contribution in [0.25, 0.3) is 11.5 Å². The Hall–Kier alpha value is -2.65. The first-order chi connectivity index (χ1) is 13.4. The van der Waals surface area contributed by atoms with Crippen molar-refractivity contribution in [2.45, 2.75) is 11.6 Å². The number of Topliss-reactive ketones (excluding diaryl/α,β-unsaturated/α-hetero) is 1. The second-order valence-electron chi connectivity index (χ2n) is 6.38. The molecular weight excluding hydrogens is 398 g/mol. The van der Waals surface area contributed by atoms with E-state index in [0.717, 1.165) is 11.1 Å². The van der Waals surface area contributed by atoms with Crippen LogP contribution in [0.3, 0.4) is 0 Å². The minimum atomic E-state index is -3.30. The van der Waals surface area contributed by atoms with Crippen LogP contribution in [0, 0.1) is 0 Å². The summed E-state index contributed by atoms with van der Waals surface area (Å²) in [5.41, 5.74) is 2.88. The number of carbonyl (C=O) groups is 1. The van der Waals surface area contributed by atoms with Gasteiger partial charge in [0.05, 0.1) is 17.7 Å². The predicted molar refractivity (Wildman–Crippen MR) is 107 cm³/mol. The lowest BCUT2D eigenvalue weighted by molar-refractivity contribution is 0.102. The van der Waals surface area contributed by atoms with Crippen LogP contribution in [-0.4, -0.2) is 43.0 Å². The van der Waals surface area contributed by atoms with E-state index in [-0.39, 0.29) is 11.5 Å². The summed E-state index contributed by atoms with van der Waals surface area (Å²) in [6, 6.07) is 14.5. The number of anilines is 1. The third-order valence-electron chi connectivity index (χ3n) is 4.41. The molecule has 0 spiro atoms. The average molecular weight is 415 g/mol. The topological polar surface area (TPSA) is 93.4 Å². The number of benzene rings is 2. The molecule has 0 saturated carbocycles. The molecule has 0 fully saturated rings. The number of thioether (sulfide) groups is 1. The molecule has 0 unspecified atom stereocenters. The number of carbonyl (C=O) groups excluding carboxylic acids is 1. The van der Waals surface area contributed by atoms with Gasteiger partial charge in [-0.1, -0.05) is 30.0 Å². The maximum Gasteiger partial charge on any atom is 0.277 e. The van der Waals surface area contributed by atoms with Crippen LogP contribution in [0.4, 0.5) is 5.69 Å². The summed E-state index contributed by atoms with van der Waals surface area (Å²) in [4.78, 5) is 12.5. The number of hydrogen-bond donors (Lipinski definition) is 0. The molecule has 28 heavy (non-hydrogen) atoms. The van der Waals surface area contributed by atoms with Crippen molar-refractivity contribution in [3.8, 4) is 11.5 Å². The second kappa shape index (κ2) is 7.40. The highest BCUT2D eigenvalue weighted by atomic mass is 32.2. The molecule has 0 saturated heterocycles. The molecule has 0 radical (unpaired) electrons. The minimum Gasteiger partial charge on any atom is -0.411 e. The van der Waals surface area contributed by atoms with Crippen LogP contribution in [0.5, 0.6) is 0 Å². The summed E-state index contributed by atoms with van der Waals surface area (Å²) < 4.78 is 30.6. The van der Waals surface area contributed by atoms with E-state index in [1.807, 2.05) is 30.3 Å². The molecule has 3 aromatic rings. The van der Waals surface area contributed by atoms with Gasteiger partial charge in [0, 0.05) is 17.7 Å². The molecule has 0 N–H and O–H groups in total. The van der Waals surface area contributed by atoms with Crippen molar-refractivity contribution in [1.29, 1.82) is 0 Å². The number of ketones is 1. The summed E-state index contributed by atoms with van der Waals surface area (Å²) in [6.07, 6.45) is 1.78. The fourth-order valence-corrected chi connectivity index (χ4v) is 4.68. The molecule has 0 bridgehead atoms. The van der Waals surface area contributed by atoms with Crippen molar-refractivity contribution in [3.05, 3.63) is 59.7 Å². The van der Waals surface area contributed by atoms with Crippen LogP contribution in [-0.2, 0) is 16.4 Å². The summed E-state index contributed by atoms with van der Waals surface area (Å²) >= 11 is 1.18. The van der Waals surface area contributed by atoms with Crippen molar-refractivity contribution in [3.63, 3.8) is 0 Å². The lowest BCUT2D eigenvalue weighted by atomic mass is 10.1. The SMILES string of the molecule is CS(=O)(=O)N1CCc2cc(C(=O)CSc3nnc(-c4ccccc4)o3)ccc21. The van der Waals surface area contributed by atoms with E-state index in [2.05, 4.69) is 10.2 Å². The molecule has 1 aliphatic heterocycles. The molecular formula is C19H17N3O4S2. The van der Waals surface area contributed by atoms with Crippen LogP contribution in [0.2, 0.25) is 0 Å². The number of sulfonamides is 1. The van der Waals surface area contributed by atoms with Crippen molar-refractivity contribution in [2.75, 3.05) is 22.9 Å². The van der Waals surface area contributed by atoms with Crippen molar-refractivity contribution >= 4 is 33.3 Å². The van der Waals surface area contributed by atoms with E-state index in [4.69, 9.17) is 4.42 Å². The Bertz CT molecular complexity index is 1130. The first-order valence-corrected chi connectivity index (χ1v) is 11.4. The largest absolute Gasteiger partial charge is 0.411 e. The third kappa shape index (κ3) is 3.81. The average Bonchev–Trinajstić information content (AvgIpc) is 3.33. The standard InChI is InChI=1S/C19H17N3O4S2/c1-28(24,25)22-10-9-14-11-15(7-8-16(14)22)17(23)12-27-19-21-20-18(26-19)13-5-3-2-4-6-13/h2-8,11H,9-10,12H2,1H3. The zero-order chi connectivity index (χ0) is 19.7. The van der Waals surface area contributed by atoms with Crippen molar-refractivity contribution in [1.82, 2.24) is 10.2 Å². The van der Waals surface area contributed by atoms with Crippen LogP contribution in [0.1, 0.15) is 15.9 Å². The second-order valence-corrected chi connectivity index (χ2v) is 9.21. The molecule has 9 heteroatoms. The van der Waals surface area contributed by atoms with Crippen LogP contribution >= 0.6 is 11.8 Å². The third-order valence-corrected chi connectivity index (χ3v) is 6.41. The normalized spacial score (nSPS) is 13.5. The first kappa shape index (κ1) is 18.7. The first-order valence-electron chi connectivity index (χ1n) is 8.57. The Morgan fingerprint density at radius 2 is 1.96 bits per heavy atom. The van der Waals surface area contributed by atoms with Gasteiger partial charge in [0.1, 0.15) is 0 Å². The Labute approximate surface area is 166 Å². The van der Waals surface area contributed by atoms with Gasteiger partial charge in [-0.3, -0.25) is 9.10 Å². The number of aromatic nitrogens is 2. The van der Waals surface area contributed by atoms with E-state index >= 15 is 0 Å². The molecule has 0 amide bonds. The highest BCUT2D eigenvalue weighted by Crippen LogP contribution is 2.31. The minimum absolute atomic E-state index is 0.0786. The smallest absolute Gasteiger partial charge is 0.277 e. The summed E-state index contributed by atoms with van der Waals surface area (Å²) in [5.74, 6) is 0.490. The van der Waals surface area contributed by atoms with Gasteiger partial charge in [0.25, 0.3) is 5.22 Å². The van der Waals surface area contributed by atoms with Crippen LogP contribution < -0.4 is 4.31 Å². The fourth-order valence-electron chi connectivity index (χ4n) is 3.07. The van der Waals surface area contributed by atoms with Gasteiger partial charge < -0.3 is 4.42 Å². The quantitative estimate of drug-likeness (QED) is 0.451. The fraction of sp³-hybridized carbons (Fsp3) is 0.211. The van der Waals surface area contributed by atoms with E-state index in [1.165, 1.54) is 22.3 Å². The summed E-state index contributed by atoms with van der Waals surface area (Å²) in [6.45, 7) is 0.408. The number of rotatable bonds is 6. The molecule has 2 aromatic carbocycles. The van der Waals surface area contributed by atoms with Crippen molar-refractivity contribution in [2.24, 2.45) is 0 Å². The molecule has 0 atom stereocenters. The molecule has 2 heterocycles. The van der Waals surface area contributed by atoms with Gasteiger partial charge in [-0.15, -0.1) is 10.2 Å². The maximum absolute atomic E-state index is 12.5. The van der Waals surface area contributed by atoms with Gasteiger partial charge in [0.2, 0.25) is 15.9 Å². The lowest BCUT2D eigenvalue weighted by Crippen LogP contribution is -2.27. The molecule has 4 rings (SSSR count). The Kier molecular flexibility index (Phi) is 4.94. The summed E-state index contributed by atoms with van der Waals surface area (Å²) in [5, 5.41) is 8.31. The van der Waals surface area contributed by atoms with Gasteiger partial charge in [0.15, 0.2) is 5.78 Å². The van der Waals surface area contributed by atoms with Gasteiger partial charge in [-0.25, -0.2) is 8.42 Å². The molecule has 0 aliphatic carbocycles. The Morgan fingerprint density at radius 1 is 1.18 bits per heavy atom. The van der Waals surface area contributed by atoms with E-state index in [0.29, 0.717) is 35.3 Å². The zero-order valence-corrected chi connectivity index (χ0v) is 16.7. The van der Waals surface area contributed by atoms with Crippen LogP contribution in [0.15, 0.2) is 58.2 Å². The number of nitrogens with zero attached hydrogens (tertiary/aromatic N) is 3. The molecule has 7 nitrogen and oxygen atoms in total. The predicted octanol–water partition coefficient (Wildman–Crippen LogP) is 3.03. The molecule has 1 aliphatic rings. The van der Waals surface area contributed by atoms with E-state index in [1.54, 1.807) is 18.2 Å². The van der Waals surface area contributed by atoms with E-state index in [9.17, 15) is 13.2 Å². The Morgan fingerprint density at radius 3 is 2.71 bits per heavy atom. The van der Waals surface area contributed by atoms with Gasteiger partial charge in [-0.2, -0.15) is 0 Å². The molecule has 1 aromatic heterocycles. The monoisotopic (exact) mass is 415 g/mol. The van der Waals surface area contributed by atoms with Crippen molar-refractivity contribution < 1.29 is 17.6 Å². The highest BCUT2D eigenvalue weighted by Gasteiger charge is 2.26. The van der Waals surface area contributed by atoms with Gasteiger partial charge >= 0.3 is 0 Å². The Balaban J connectivity index is 1.43. The number of fused-ring (bicyclic) bond motifs is 1. The van der Waals surface area contributed by atoms with Gasteiger partial charge in [-0.05, 0) is 42.3 Å². The zero-order valence-electron chi connectivity index (χ0n) is 15.0. The lowest BCUT2D eigenvalue weighted by Gasteiger charge is -2.16.